The fourth-order valence-electron chi connectivity index (χ4n) is 2.63. The van der Waals surface area contributed by atoms with Crippen LogP contribution in [0.1, 0.15) is 24.0 Å². The molecule has 0 spiro atoms. The number of amides is 1. The smallest absolute Gasteiger partial charge is 0.379 e. The number of benzene rings is 1. The van der Waals surface area contributed by atoms with Crippen molar-refractivity contribution in [3.8, 4) is 0 Å². The third-order valence-electron chi connectivity index (χ3n) is 3.73. The Bertz CT molecular complexity index is 533. The fourth-order valence-corrected chi connectivity index (χ4v) is 2.63. The van der Waals surface area contributed by atoms with Crippen LogP contribution in [0.25, 0.3) is 0 Å². The van der Waals surface area contributed by atoms with Gasteiger partial charge in [-0.15, -0.1) is 0 Å². The minimum Gasteiger partial charge on any atom is -0.379 e. The van der Waals surface area contributed by atoms with E-state index in [1.807, 2.05) is 0 Å². The lowest BCUT2D eigenvalue weighted by Gasteiger charge is -2.37. The van der Waals surface area contributed by atoms with E-state index in [9.17, 15) is 23.1 Å². The van der Waals surface area contributed by atoms with Crippen LogP contribution >= 0.6 is 0 Å². The second-order valence-electron chi connectivity index (χ2n) is 5.36. The van der Waals surface area contributed by atoms with Crippen molar-refractivity contribution in [1.82, 2.24) is 4.90 Å². The molecule has 1 fully saturated rings. The third kappa shape index (κ3) is 3.54. The van der Waals surface area contributed by atoms with Gasteiger partial charge in [0.1, 0.15) is 0 Å². The third-order valence-corrected chi connectivity index (χ3v) is 3.73. The van der Waals surface area contributed by atoms with Crippen LogP contribution in [-0.2, 0) is 17.5 Å². The highest BCUT2D eigenvalue weighted by molar-refractivity contribution is 5.83. The van der Waals surface area contributed by atoms with Crippen LogP contribution in [0.15, 0.2) is 24.3 Å². The highest BCUT2D eigenvalue weighted by Gasteiger charge is 2.39. The van der Waals surface area contributed by atoms with Crippen molar-refractivity contribution in [1.29, 1.82) is 0 Å². The number of aliphatic hydroxyl groups is 1. The van der Waals surface area contributed by atoms with E-state index in [0.29, 0.717) is 13.0 Å². The Kier molecular flexibility index (Phi) is 4.25. The first kappa shape index (κ1) is 15.8. The van der Waals surface area contributed by atoms with Crippen LogP contribution in [0.5, 0.6) is 0 Å². The van der Waals surface area contributed by atoms with Gasteiger partial charge in [0, 0.05) is 13.1 Å². The second-order valence-corrected chi connectivity index (χ2v) is 5.36. The second kappa shape index (κ2) is 5.65. The number of alkyl halides is 3. The molecule has 1 saturated heterocycles. The molecule has 0 saturated carbocycles. The van der Waals surface area contributed by atoms with Crippen molar-refractivity contribution in [2.24, 2.45) is 5.73 Å². The van der Waals surface area contributed by atoms with E-state index in [-0.39, 0.29) is 25.1 Å². The average molecular weight is 302 g/mol. The summed E-state index contributed by atoms with van der Waals surface area (Å²) >= 11 is 0. The number of carbonyl (C=O) groups excluding carboxylic acids is 1. The van der Waals surface area contributed by atoms with Gasteiger partial charge in [0.2, 0.25) is 0 Å². The molecule has 0 bridgehead atoms. The summed E-state index contributed by atoms with van der Waals surface area (Å²) < 4.78 is 38.8. The zero-order valence-electron chi connectivity index (χ0n) is 11.4. The molecule has 116 valence electrons. The molecule has 1 aromatic carbocycles. The van der Waals surface area contributed by atoms with E-state index in [4.69, 9.17) is 5.73 Å². The molecule has 7 heteroatoms. The molecule has 1 heterocycles. The number of nitrogens with two attached hydrogens (primary N) is 1. The standard InChI is InChI=1S/C14H17F3N2O2/c15-14(16,17)11-5-2-1-4-10(11)8-19-7-3-6-13(21,9-19)12(18)20/h1-2,4-5,21H,3,6-9H2,(H2,18,20)/t13-/m1/s1. The van der Waals surface area contributed by atoms with Gasteiger partial charge in [-0.2, -0.15) is 13.2 Å². The molecule has 0 radical (unpaired) electrons. The normalized spacial score (nSPS) is 24.0. The predicted octanol–water partition coefficient (Wildman–Crippen LogP) is 1.52. The maximum absolute atomic E-state index is 12.9. The van der Waals surface area contributed by atoms with Crippen molar-refractivity contribution < 1.29 is 23.1 Å². The molecule has 21 heavy (non-hydrogen) atoms. The molecule has 1 amide bonds. The van der Waals surface area contributed by atoms with Crippen molar-refractivity contribution in [3.05, 3.63) is 35.4 Å². The van der Waals surface area contributed by atoms with Gasteiger partial charge in [0.25, 0.3) is 5.91 Å². The molecule has 4 nitrogen and oxygen atoms in total. The van der Waals surface area contributed by atoms with Gasteiger partial charge in [-0.1, -0.05) is 18.2 Å². The summed E-state index contributed by atoms with van der Waals surface area (Å²) in [6, 6.07) is 5.30. The molecular formula is C14H17F3N2O2. The summed E-state index contributed by atoms with van der Waals surface area (Å²) in [6.45, 7) is 0.488. The van der Waals surface area contributed by atoms with Gasteiger partial charge >= 0.3 is 6.18 Å². The maximum Gasteiger partial charge on any atom is 0.416 e. The Labute approximate surface area is 120 Å². The molecule has 0 aliphatic carbocycles. The predicted molar refractivity (Wildman–Crippen MR) is 70.1 cm³/mol. The summed E-state index contributed by atoms with van der Waals surface area (Å²) in [5.41, 5.74) is 2.93. The quantitative estimate of drug-likeness (QED) is 0.889. The van der Waals surface area contributed by atoms with Crippen molar-refractivity contribution in [3.63, 3.8) is 0 Å². The lowest BCUT2D eigenvalue weighted by Crippen LogP contribution is -2.55. The maximum atomic E-state index is 12.9. The van der Waals surface area contributed by atoms with Crippen LogP contribution in [0.2, 0.25) is 0 Å². The minimum absolute atomic E-state index is 0.0191. The first-order valence-electron chi connectivity index (χ1n) is 6.62. The minimum atomic E-state index is -4.42. The molecule has 1 aliphatic rings. The average Bonchev–Trinajstić information content (AvgIpc) is 2.38. The lowest BCUT2D eigenvalue weighted by molar-refractivity contribution is -0.143. The van der Waals surface area contributed by atoms with Crippen LogP contribution in [0, 0.1) is 0 Å². The Morgan fingerprint density at radius 3 is 2.67 bits per heavy atom. The molecule has 1 aliphatic heterocycles. The van der Waals surface area contributed by atoms with Gasteiger partial charge in [0.05, 0.1) is 5.56 Å². The first-order chi connectivity index (χ1) is 9.72. The fraction of sp³-hybridized carbons (Fsp3) is 0.500. The lowest BCUT2D eigenvalue weighted by atomic mass is 9.91. The number of hydrogen-bond acceptors (Lipinski definition) is 3. The Hall–Kier alpha value is -1.60. The van der Waals surface area contributed by atoms with Crippen molar-refractivity contribution in [2.45, 2.75) is 31.2 Å². The SMILES string of the molecule is NC(=O)[C@@]1(O)CCCN(Cc2ccccc2C(F)(F)F)C1. The van der Waals surface area contributed by atoms with Gasteiger partial charge < -0.3 is 10.8 Å². The Morgan fingerprint density at radius 2 is 2.05 bits per heavy atom. The molecule has 0 aromatic heterocycles. The van der Waals surface area contributed by atoms with Gasteiger partial charge in [-0.3, -0.25) is 9.69 Å². The van der Waals surface area contributed by atoms with Gasteiger partial charge in [-0.25, -0.2) is 0 Å². The molecule has 1 atom stereocenters. The number of likely N-dealkylation sites (tertiary alicyclic amines) is 1. The molecular weight excluding hydrogens is 285 g/mol. The van der Waals surface area contributed by atoms with E-state index in [1.165, 1.54) is 18.2 Å². The van der Waals surface area contributed by atoms with Crippen LogP contribution in [0.3, 0.4) is 0 Å². The topological polar surface area (TPSA) is 66.6 Å². The number of primary amides is 1. The summed E-state index contributed by atoms with van der Waals surface area (Å²) in [4.78, 5) is 12.9. The van der Waals surface area contributed by atoms with E-state index in [2.05, 4.69) is 0 Å². The molecule has 3 N–H and O–H groups in total. The number of carbonyl (C=O) groups is 1. The number of nitrogens with zero attached hydrogens (tertiary/aromatic N) is 1. The van der Waals surface area contributed by atoms with Crippen molar-refractivity contribution >= 4 is 5.91 Å². The number of piperidine rings is 1. The van der Waals surface area contributed by atoms with E-state index in [1.54, 1.807) is 4.90 Å². The highest BCUT2D eigenvalue weighted by Crippen LogP contribution is 2.33. The van der Waals surface area contributed by atoms with E-state index < -0.39 is 23.2 Å². The largest absolute Gasteiger partial charge is 0.416 e. The Morgan fingerprint density at radius 1 is 1.38 bits per heavy atom. The van der Waals surface area contributed by atoms with Crippen LogP contribution in [0.4, 0.5) is 13.2 Å². The van der Waals surface area contributed by atoms with Crippen LogP contribution in [-0.4, -0.2) is 34.6 Å². The van der Waals surface area contributed by atoms with E-state index in [0.717, 1.165) is 6.07 Å². The highest BCUT2D eigenvalue weighted by atomic mass is 19.4. The molecule has 1 aromatic rings. The number of β-amino-alcohol motifs (C(OH)–C–C–N with tert-alkyl or cyclic N) is 1. The zero-order valence-corrected chi connectivity index (χ0v) is 11.4. The molecule has 0 unspecified atom stereocenters. The number of hydrogen-bond donors (Lipinski definition) is 2. The summed E-state index contributed by atoms with van der Waals surface area (Å²) in [5, 5.41) is 10.1. The van der Waals surface area contributed by atoms with Gasteiger partial charge in [0.15, 0.2) is 5.60 Å². The molecule has 2 rings (SSSR count). The van der Waals surface area contributed by atoms with Gasteiger partial charge in [-0.05, 0) is 31.0 Å². The number of halogens is 3. The van der Waals surface area contributed by atoms with Crippen LogP contribution < -0.4 is 5.73 Å². The van der Waals surface area contributed by atoms with Crippen molar-refractivity contribution in [2.75, 3.05) is 13.1 Å². The van der Waals surface area contributed by atoms with E-state index >= 15 is 0 Å². The summed E-state index contributed by atoms with van der Waals surface area (Å²) in [6.07, 6.45) is -3.68. The first-order valence-corrected chi connectivity index (χ1v) is 6.62. The summed E-state index contributed by atoms with van der Waals surface area (Å²) in [7, 11) is 0. The zero-order chi connectivity index (χ0) is 15.7. The summed E-state index contributed by atoms with van der Waals surface area (Å²) in [5.74, 6) is -0.837. The Balaban J connectivity index is 2.18. The monoisotopic (exact) mass is 302 g/mol. The number of rotatable bonds is 3.